The number of hydrogen-bond donors (Lipinski definition) is 2. The maximum atomic E-state index is 10.8. The van der Waals surface area contributed by atoms with Crippen LogP contribution < -0.4 is 10.2 Å². The van der Waals surface area contributed by atoms with E-state index in [2.05, 4.69) is 22.2 Å². The van der Waals surface area contributed by atoms with Gasteiger partial charge >= 0.3 is 5.97 Å². The first-order valence-corrected chi connectivity index (χ1v) is 7.24. The highest BCUT2D eigenvalue weighted by Crippen LogP contribution is 2.17. The van der Waals surface area contributed by atoms with E-state index in [0.717, 1.165) is 25.1 Å². The lowest BCUT2D eigenvalue weighted by Crippen LogP contribution is -2.21. The van der Waals surface area contributed by atoms with Crippen molar-refractivity contribution < 1.29 is 9.90 Å². The molecule has 0 saturated heterocycles. The van der Waals surface area contributed by atoms with Crippen LogP contribution in [0.3, 0.4) is 0 Å². The van der Waals surface area contributed by atoms with Gasteiger partial charge in [0, 0.05) is 25.5 Å². The van der Waals surface area contributed by atoms with Crippen LogP contribution in [0.4, 0.5) is 17.5 Å². The third-order valence-corrected chi connectivity index (χ3v) is 3.24. The van der Waals surface area contributed by atoms with E-state index in [1.54, 1.807) is 36.5 Å². The number of nitrogens with zero attached hydrogens (tertiary/aromatic N) is 3. The Kier molecular flexibility index (Phi) is 5.30. The molecule has 1 aromatic carbocycles. The number of aromatic carboxylic acids is 1. The second kappa shape index (κ2) is 7.40. The standard InChI is InChI=1S/C16H20N4O2/c1-3-4-11-20(2)16-17-10-9-14(19-16)18-13-7-5-12(6-8-13)15(21)22/h5-10H,3-4,11H2,1-2H3,(H,21,22)(H,17,18,19). The molecular weight excluding hydrogens is 280 g/mol. The normalized spacial score (nSPS) is 10.3. The molecule has 0 radical (unpaired) electrons. The van der Waals surface area contributed by atoms with Gasteiger partial charge in [-0.3, -0.25) is 0 Å². The van der Waals surface area contributed by atoms with Crippen molar-refractivity contribution in [1.29, 1.82) is 0 Å². The van der Waals surface area contributed by atoms with E-state index < -0.39 is 5.97 Å². The Labute approximate surface area is 129 Å². The van der Waals surface area contributed by atoms with E-state index in [0.29, 0.717) is 11.8 Å². The Morgan fingerprint density at radius 3 is 2.64 bits per heavy atom. The summed E-state index contributed by atoms with van der Waals surface area (Å²) >= 11 is 0. The van der Waals surface area contributed by atoms with Gasteiger partial charge in [0.05, 0.1) is 5.56 Å². The van der Waals surface area contributed by atoms with Crippen molar-refractivity contribution in [3.8, 4) is 0 Å². The van der Waals surface area contributed by atoms with Crippen LogP contribution in [0, 0.1) is 0 Å². The van der Waals surface area contributed by atoms with Crippen LogP contribution in [-0.2, 0) is 0 Å². The molecule has 0 fully saturated rings. The number of rotatable bonds is 7. The van der Waals surface area contributed by atoms with E-state index in [-0.39, 0.29) is 5.56 Å². The van der Waals surface area contributed by atoms with E-state index in [9.17, 15) is 4.79 Å². The number of unbranched alkanes of at least 4 members (excludes halogenated alkanes) is 1. The quantitative estimate of drug-likeness (QED) is 0.818. The van der Waals surface area contributed by atoms with Crippen molar-refractivity contribution in [3.63, 3.8) is 0 Å². The molecule has 2 N–H and O–H groups in total. The zero-order valence-electron chi connectivity index (χ0n) is 12.8. The molecule has 0 aliphatic carbocycles. The lowest BCUT2D eigenvalue weighted by atomic mass is 10.2. The van der Waals surface area contributed by atoms with Crippen molar-refractivity contribution in [2.45, 2.75) is 19.8 Å². The zero-order valence-corrected chi connectivity index (χ0v) is 12.8. The molecule has 0 saturated carbocycles. The molecule has 0 unspecified atom stereocenters. The molecular formula is C16H20N4O2. The predicted octanol–water partition coefficient (Wildman–Crippen LogP) is 3.15. The molecule has 116 valence electrons. The van der Waals surface area contributed by atoms with Gasteiger partial charge in [0.2, 0.25) is 5.95 Å². The van der Waals surface area contributed by atoms with E-state index in [4.69, 9.17) is 5.11 Å². The minimum Gasteiger partial charge on any atom is -0.478 e. The molecule has 1 aromatic heterocycles. The van der Waals surface area contributed by atoms with Gasteiger partial charge in [0.25, 0.3) is 0 Å². The number of nitrogens with one attached hydrogen (secondary N) is 1. The molecule has 0 aliphatic heterocycles. The summed E-state index contributed by atoms with van der Waals surface area (Å²) < 4.78 is 0. The molecule has 2 rings (SSSR count). The molecule has 6 heteroatoms. The summed E-state index contributed by atoms with van der Waals surface area (Å²) in [6, 6.07) is 8.32. The molecule has 0 atom stereocenters. The molecule has 0 aliphatic rings. The Hall–Kier alpha value is -2.63. The van der Waals surface area contributed by atoms with Crippen LogP contribution >= 0.6 is 0 Å². The van der Waals surface area contributed by atoms with E-state index in [1.165, 1.54) is 0 Å². The molecule has 0 spiro atoms. The third kappa shape index (κ3) is 4.18. The Morgan fingerprint density at radius 1 is 1.27 bits per heavy atom. The van der Waals surface area contributed by atoms with Crippen molar-refractivity contribution in [3.05, 3.63) is 42.1 Å². The smallest absolute Gasteiger partial charge is 0.335 e. The highest BCUT2D eigenvalue weighted by Gasteiger charge is 2.06. The summed E-state index contributed by atoms with van der Waals surface area (Å²) in [7, 11) is 1.97. The fourth-order valence-corrected chi connectivity index (χ4v) is 1.94. The van der Waals surface area contributed by atoms with Gasteiger partial charge in [-0.25, -0.2) is 9.78 Å². The van der Waals surface area contributed by atoms with Gasteiger partial charge in [-0.2, -0.15) is 4.98 Å². The Balaban J connectivity index is 2.08. The summed E-state index contributed by atoms with van der Waals surface area (Å²) in [5, 5.41) is 12.0. The van der Waals surface area contributed by atoms with Crippen molar-refractivity contribution in [2.24, 2.45) is 0 Å². The van der Waals surface area contributed by atoms with Crippen molar-refractivity contribution in [2.75, 3.05) is 23.8 Å². The lowest BCUT2D eigenvalue weighted by molar-refractivity contribution is 0.0697. The highest BCUT2D eigenvalue weighted by atomic mass is 16.4. The van der Waals surface area contributed by atoms with Crippen LogP contribution in [0.1, 0.15) is 30.1 Å². The molecule has 1 heterocycles. The highest BCUT2D eigenvalue weighted by molar-refractivity contribution is 5.88. The van der Waals surface area contributed by atoms with Gasteiger partial charge in [-0.15, -0.1) is 0 Å². The van der Waals surface area contributed by atoms with Crippen LogP contribution in [-0.4, -0.2) is 34.6 Å². The summed E-state index contributed by atoms with van der Waals surface area (Å²) in [6.07, 6.45) is 3.92. The number of carbonyl (C=O) groups is 1. The largest absolute Gasteiger partial charge is 0.478 e. The summed E-state index contributed by atoms with van der Waals surface area (Å²) in [6.45, 7) is 3.06. The van der Waals surface area contributed by atoms with Crippen LogP contribution in [0.25, 0.3) is 0 Å². The van der Waals surface area contributed by atoms with Gasteiger partial charge < -0.3 is 15.3 Å². The van der Waals surface area contributed by atoms with Crippen LogP contribution in [0.2, 0.25) is 0 Å². The Morgan fingerprint density at radius 2 is 2.00 bits per heavy atom. The van der Waals surface area contributed by atoms with Crippen LogP contribution in [0.15, 0.2) is 36.5 Å². The number of aromatic nitrogens is 2. The summed E-state index contributed by atoms with van der Waals surface area (Å²) in [5.41, 5.74) is 1.04. The van der Waals surface area contributed by atoms with Crippen molar-refractivity contribution in [1.82, 2.24) is 9.97 Å². The maximum Gasteiger partial charge on any atom is 0.335 e. The second-order valence-electron chi connectivity index (χ2n) is 5.02. The lowest BCUT2D eigenvalue weighted by Gasteiger charge is -2.17. The minimum absolute atomic E-state index is 0.258. The third-order valence-electron chi connectivity index (χ3n) is 3.24. The summed E-state index contributed by atoms with van der Waals surface area (Å²) in [5.74, 6) is 0.408. The molecule has 0 amide bonds. The Bertz CT molecular complexity index is 628. The number of benzene rings is 1. The first-order chi connectivity index (χ1) is 10.6. The fourth-order valence-electron chi connectivity index (χ4n) is 1.94. The first kappa shape index (κ1) is 15.8. The van der Waals surface area contributed by atoms with Gasteiger partial charge in [-0.05, 0) is 36.8 Å². The number of hydrogen-bond acceptors (Lipinski definition) is 5. The molecule has 6 nitrogen and oxygen atoms in total. The maximum absolute atomic E-state index is 10.8. The molecule has 2 aromatic rings. The number of carboxylic acid groups (broad SMARTS) is 1. The number of anilines is 3. The monoisotopic (exact) mass is 300 g/mol. The second-order valence-corrected chi connectivity index (χ2v) is 5.02. The average molecular weight is 300 g/mol. The summed E-state index contributed by atoms with van der Waals surface area (Å²) in [4.78, 5) is 21.6. The van der Waals surface area contributed by atoms with Gasteiger partial charge in [0.15, 0.2) is 0 Å². The van der Waals surface area contributed by atoms with Crippen molar-refractivity contribution >= 4 is 23.4 Å². The van der Waals surface area contributed by atoms with Gasteiger partial charge in [0.1, 0.15) is 5.82 Å². The zero-order chi connectivity index (χ0) is 15.9. The first-order valence-electron chi connectivity index (χ1n) is 7.24. The molecule has 22 heavy (non-hydrogen) atoms. The SMILES string of the molecule is CCCCN(C)c1nccc(Nc2ccc(C(=O)O)cc2)n1. The topological polar surface area (TPSA) is 78.4 Å². The van der Waals surface area contributed by atoms with Gasteiger partial charge in [-0.1, -0.05) is 13.3 Å². The van der Waals surface area contributed by atoms with E-state index in [1.807, 2.05) is 11.9 Å². The fraction of sp³-hybridized carbons (Fsp3) is 0.312. The number of carboxylic acids is 1. The predicted molar refractivity (Wildman–Crippen MR) is 86.9 cm³/mol. The molecule has 0 bridgehead atoms. The van der Waals surface area contributed by atoms with Crippen LogP contribution in [0.5, 0.6) is 0 Å². The van der Waals surface area contributed by atoms with E-state index >= 15 is 0 Å². The minimum atomic E-state index is -0.937. The average Bonchev–Trinajstić information content (AvgIpc) is 2.53.